The van der Waals surface area contributed by atoms with Crippen LogP contribution >= 0.6 is 0 Å². The molecule has 0 fully saturated rings. The van der Waals surface area contributed by atoms with Gasteiger partial charge in [0, 0.05) is 16.5 Å². The average Bonchev–Trinajstić information content (AvgIpc) is 2.82. The highest BCUT2D eigenvalue weighted by molar-refractivity contribution is 7.94. The molecule has 2 atom stereocenters. The van der Waals surface area contributed by atoms with Crippen molar-refractivity contribution in [3.05, 3.63) is 113 Å². The van der Waals surface area contributed by atoms with Gasteiger partial charge < -0.3 is 4.74 Å². The molecule has 3 aromatic carbocycles. The number of Topliss-reactive ketones (excluding diaryl/α,β-unsaturated/α-hetero) is 1. The molecule has 182 valence electrons. The zero-order valence-electron chi connectivity index (χ0n) is 19.4. The van der Waals surface area contributed by atoms with Crippen LogP contribution in [0.15, 0.2) is 101 Å². The smallest absolute Gasteiger partial charge is 0.201 e. The van der Waals surface area contributed by atoms with Crippen molar-refractivity contribution >= 4 is 25.5 Å². The molecule has 4 rings (SSSR count). The average molecular weight is 511 g/mol. The Hall–Kier alpha value is -3.07. The molecule has 0 saturated carbocycles. The number of ether oxygens (including phenoxy) is 1. The Morgan fingerprint density at radius 2 is 1.40 bits per heavy atom. The second kappa shape index (κ2) is 9.89. The Morgan fingerprint density at radius 1 is 0.829 bits per heavy atom. The monoisotopic (exact) mass is 510 g/mol. The highest BCUT2D eigenvalue weighted by Gasteiger charge is 2.43. The third-order valence-corrected chi connectivity index (χ3v) is 9.27. The summed E-state index contributed by atoms with van der Waals surface area (Å²) in [6.45, 7) is 3.43. The summed E-state index contributed by atoms with van der Waals surface area (Å²) >= 11 is 0. The SMILES string of the molecule is CC(C)OC(C1=CS(=O)(=O)c2ccccc2C1=O)C(c1ccccc1)S(=O)(=O)Cc1ccccc1. The summed E-state index contributed by atoms with van der Waals surface area (Å²) < 4.78 is 60.1. The maximum Gasteiger partial charge on any atom is 0.201 e. The molecule has 6 nitrogen and oxygen atoms in total. The minimum atomic E-state index is -3.98. The summed E-state index contributed by atoms with van der Waals surface area (Å²) in [6.07, 6.45) is -1.81. The number of benzene rings is 3. The summed E-state index contributed by atoms with van der Waals surface area (Å²) in [5.74, 6) is -0.854. The Balaban J connectivity index is 1.91. The van der Waals surface area contributed by atoms with E-state index in [-0.39, 0.29) is 21.8 Å². The van der Waals surface area contributed by atoms with E-state index in [9.17, 15) is 21.6 Å². The molecule has 0 spiro atoms. The van der Waals surface area contributed by atoms with Crippen molar-refractivity contribution in [2.45, 2.75) is 42.0 Å². The van der Waals surface area contributed by atoms with Crippen molar-refractivity contribution in [3.63, 3.8) is 0 Å². The number of sulfone groups is 2. The van der Waals surface area contributed by atoms with E-state index >= 15 is 0 Å². The molecule has 0 N–H and O–H groups in total. The van der Waals surface area contributed by atoms with Crippen molar-refractivity contribution in [3.8, 4) is 0 Å². The third-order valence-electron chi connectivity index (χ3n) is 5.71. The standard InChI is InChI=1S/C27H26O6S2/c1-19(2)33-26(23-18-34(29,30)24-16-10-9-15-22(24)25(23)28)27(21-13-7-4-8-14-21)35(31,32)17-20-11-5-3-6-12-20/h3-16,18-19,26-27H,17H2,1-2H3. The van der Waals surface area contributed by atoms with Gasteiger partial charge in [-0.1, -0.05) is 72.8 Å². The van der Waals surface area contributed by atoms with E-state index in [0.29, 0.717) is 11.1 Å². The van der Waals surface area contributed by atoms with E-state index < -0.39 is 42.9 Å². The van der Waals surface area contributed by atoms with Gasteiger partial charge in [-0.15, -0.1) is 0 Å². The summed E-state index contributed by atoms with van der Waals surface area (Å²) in [5, 5.41) is -0.430. The fourth-order valence-electron chi connectivity index (χ4n) is 4.25. The van der Waals surface area contributed by atoms with E-state index in [1.807, 2.05) is 0 Å². The van der Waals surface area contributed by atoms with E-state index in [1.54, 1.807) is 86.6 Å². The van der Waals surface area contributed by atoms with Gasteiger partial charge >= 0.3 is 0 Å². The number of ketones is 1. The molecule has 0 bridgehead atoms. The van der Waals surface area contributed by atoms with Crippen LogP contribution in [0.2, 0.25) is 0 Å². The van der Waals surface area contributed by atoms with Gasteiger partial charge in [0.1, 0.15) is 11.4 Å². The quantitative estimate of drug-likeness (QED) is 0.436. The molecule has 1 aliphatic rings. The summed E-state index contributed by atoms with van der Waals surface area (Å²) in [6, 6.07) is 23.1. The Kier molecular flexibility index (Phi) is 7.07. The molecule has 0 amide bonds. The normalized spacial score (nSPS) is 16.9. The van der Waals surface area contributed by atoms with Crippen LogP contribution in [0, 0.1) is 0 Å². The molecule has 0 saturated heterocycles. The third kappa shape index (κ3) is 5.29. The van der Waals surface area contributed by atoms with Gasteiger partial charge in [0.25, 0.3) is 0 Å². The Bertz CT molecular complexity index is 1460. The lowest BCUT2D eigenvalue weighted by Crippen LogP contribution is -2.37. The summed E-state index contributed by atoms with van der Waals surface area (Å²) in [7, 11) is -7.96. The predicted octanol–water partition coefficient (Wildman–Crippen LogP) is 4.69. The van der Waals surface area contributed by atoms with Crippen LogP contribution in [0.25, 0.3) is 0 Å². The number of hydrogen-bond acceptors (Lipinski definition) is 6. The molecule has 3 aromatic rings. The lowest BCUT2D eigenvalue weighted by atomic mass is 9.94. The highest BCUT2D eigenvalue weighted by atomic mass is 32.2. The molecule has 0 radical (unpaired) electrons. The second-order valence-electron chi connectivity index (χ2n) is 8.67. The van der Waals surface area contributed by atoms with Crippen LogP contribution in [-0.4, -0.2) is 34.8 Å². The van der Waals surface area contributed by atoms with Crippen LogP contribution in [0.3, 0.4) is 0 Å². The Labute approximate surface area is 206 Å². The van der Waals surface area contributed by atoms with Crippen molar-refractivity contribution in [1.29, 1.82) is 0 Å². The lowest BCUT2D eigenvalue weighted by Gasteiger charge is -2.32. The van der Waals surface area contributed by atoms with Crippen molar-refractivity contribution < 1.29 is 26.4 Å². The molecule has 35 heavy (non-hydrogen) atoms. The zero-order valence-corrected chi connectivity index (χ0v) is 21.0. The fourth-order valence-corrected chi connectivity index (χ4v) is 7.68. The molecule has 8 heteroatoms. The number of fused-ring (bicyclic) bond motifs is 1. The van der Waals surface area contributed by atoms with E-state index in [1.165, 1.54) is 12.1 Å². The van der Waals surface area contributed by atoms with Crippen LogP contribution in [0.5, 0.6) is 0 Å². The first-order valence-electron chi connectivity index (χ1n) is 11.2. The molecule has 1 heterocycles. The first-order chi connectivity index (χ1) is 16.6. The van der Waals surface area contributed by atoms with Crippen LogP contribution in [0.1, 0.15) is 40.6 Å². The molecule has 0 aliphatic carbocycles. The summed E-state index contributed by atoms with van der Waals surface area (Å²) in [5.41, 5.74) is 0.815. The van der Waals surface area contributed by atoms with Crippen LogP contribution in [-0.2, 0) is 30.2 Å². The van der Waals surface area contributed by atoms with E-state index in [2.05, 4.69) is 0 Å². The molecule has 1 aliphatic heterocycles. The minimum absolute atomic E-state index is 0.00891. The zero-order chi connectivity index (χ0) is 25.2. The number of carbonyl (C=O) groups excluding carboxylic acids is 1. The Morgan fingerprint density at radius 3 is 2.03 bits per heavy atom. The number of carbonyl (C=O) groups is 1. The predicted molar refractivity (Wildman–Crippen MR) is 134 cm³/mol. The van der Waals surface area contributed by atoms with Gasteiger partial charge in [-0.25, -0.2) is 16.8 Å². The maximum atomic E-state index is 13.9. The van der Waals surface area contributed by atoms with Gasteiger partial charge in [-0.2, -0.15) is 0 Å². The lowest BCUT2D eigenvalue weighted by molar-refractivity contribution is 0.0252. The first kappa shape index (κ1) is 25.0. The minimum Gasteiger partial charge on any atom is -0.369 e. The first-order valence-corrected chi connectivity index (χ1v) is 14.4. The number of rotatable bonds is 8. The van der Waals surface area contributed by atoms with Crippen LogP contribution in [0.4, 0.5) is 0 Å². The van der Waals surface area contributed by atoms with Gasteiger partial charge in [0.15, 0.2) is 15.6 Å². The van der Waals surface area contributed by atoms with Gasteiger partial charge in [-0.3, -0.25) is 4.79 Å². The van der Waals surface area contributed by atoms with Gasteiger partial charge in [0.2, 0.25) is 9.84 Å². The van der Waals surface area contributed by atoms with Crippen molar-refractivity contribution in [2.75, 3.05) is 0 Å². The topological polar surface area (TPSA) is 94.6 Å². The van der Waals surface area contributed by atoms with Crippen LogP contribution < -0.4 is 0 Å². The second-order valence-corrected chi connectivity index (χ2v) is 12.6. The van der Waals surface area contributed by atoms with Crippen molar-refractivity contribution in [2.24, 2.45) is 0 Å². The molecular weight excluding hydrogens is 484 g/mol. The fraction of sp³-hybridized carbons (Fsp3) is 0.222. The molecular formula is C27H26O6S2. The maximum absolute atomic E-state index is 13.9. The van der Waals surface area contributed by atoms with Gasteiger partial charge in [0.05, 0.1) is 16.8 Å². The van der Waals surface area contributed by atoms with E-state index in [0.717, 1.165) is 5.41 Å². The highest BCUT2D eigenvalue weighted by Crippen LogP contribution is 2.39. The molecule has 0 aromatic heterocycles. The van der Waals surface area contributed by atoms with Gasteiger partial charge in [-0.05, 0) is 37.1 Å². The number of hydrogen-bond donors (Lipinski definition) is 0. The largest absolute Gasteiger partial charge is 0.369 e. The molecule has 2 unspecified atom stereocenters. The summed E-state index contributed by atoms with van der Waals surface area (Å²) in [4.78, 5) is 13.4. The van der Waals surface area contributed by atoms with E-state index in [4.69, 9.17) is 4.74 Å². The van der Waals surface area contributed by atoms with Crippen molar-refractivity contribution in [1.82, 2.24) is 0 Å².